The molecule has 164 valence electrons. The van der Waals surface area contributed by atoms with Crippen LogP contribution in [-0.2, 0) is 22.6 Å². The molecule has 1 aromatic carbocycles. The average molecular weight is 442 g/mol. The molecule has 7 nitrogen and oxygen atoms in total. The van der Waals surface area contributed by atoms with Gasteiger partial charge in [0, 0.05) is 66.6 Å². The van der Waals surface area contributed by atoms with Crippen LogP contribution in [0.3, 0.4) is 0 Å². The van der Waals surface area contributed by atoms with Crippen molar-refractivity contribution in [3.63, 3.8) is 0 Å². The SMILES string of the molecule is Cc1[nH]c2ccc(Cl)cc2c1CC(=O)N1CCC[C@@H](CC(=O)NCCn2ccnc2)C1. The summed E-state index contributed by atoms with van der Waals surface area (Å²) in [6.45, 7) is 4.65. The number of aromatic nitrogens is 3. The quantitative estimate of drug-likeness (QED) is 0.590. The van der Waals surface area contributed by atoms with Crippen molar-refractivity contribution in [2.45, 2.75) is 39.2 Å². The Morgan fingerprint density at radius 3 is 3.03 bits per heavy atom. The summed E-state index contributed by atoms with van der Waals surface area (Å²) in [5.41, 5.74) is 2.99. The number of fused-ring (bicyclic) bond motifs is 1. The van der Waals surface area contributed by atoms with E-state index in [0.717, 1.165) is 41.5 Å². The largest absolute Gasteiger partial charge is 0.358 e. The Balaban J connectivity index is 1.31. The highest BCUT2D eigenvalue weighted by atomic mass is 35.5. The summed E-state index contributed by atoms with van der Waals surface area (Å²) in [5, 5.41) is 4.64. The Labute approximate surface area is 186 Å². The number of amides is 2. The van der Waals surface area contributed by atoms with Crippen LogP contribution in [0.1, 0.15) is 30.5 Å². The van der Waals surface area contributed by atoms with Gasteiger partial charge in [-0.15, -0.1) is 0 Å². The average Bonchev–Trinajstić information content (AvgIpc) is 3.36. The number of nitrogens with zero attached hydrogens (tertiary/aromatic N) is 3. The number of H-pyrrole nitrogens is 1. The molecule has 0 saturated carbocycles. The molecule has 2 aromatic heterocycles. The minimum absolute atomic E-state index is 0.0431. The number of carbonyl (C=O) groups is 2. The molecular formula is C23H28ClN5O2. The molecule has 0 bridgehead atoms. The number of imidazole rings is 1. The van der Waals surface area contributed by atoms with Crippen LogP contribution in [0.15, 0.2) is 36.9 Å². The van der Waals surface area contributed by atoms with Gasteiger partial charge in [0.1, 0.15) is 0 Å². The Kier molecular flexibility index (Phi) is 6.61. The Morgan fingerprint density at radius 1 is 1.35 bits per heavy atom. The number of piperidine rings is 1. The maximum atomic E-state index is 13.1. The molecule has 2 amide bonds. The second-order valence-electron chi connectivity index (χ2n) is 8.30. The van der Waals surface area contributed by atoms with Crippen molar-refractivity contribution >= 4 is 34.3 Å². The zero-order valence-electron chi connectivity index (χ0n) is 17.7. The first-order valence-electron chi connectivity index (χ1n) is 10.8. The number of hydrogen-bond acceptors (Lipinski definition) is 3. The van der Waals surface area contributed by atoms with E-state index in [1.807, 2.05) is 40.8 Å². The molecule has 1 atom stereocenters. The van der Waals surface area contributed by atoms with E-state index >= 15 is 0 Å². The van der Waals surface area contributed by atoms with E-state index in [2.05, 4.69) is 15.3 Å². The molecule has 0 spiro atoms. The number of likely N-dealkylation sites (tertiary alicyclic amines) is 1. The number of carbonyl (C=O) groups excluding carboxylic acids is 2. The molecule has 2 N–H and O–H groups in total. The van der Waals surface area contributed by atoms with E-state index in [4.69, 9.17) is 11.6 Å². The summed E-state index contributed by atoms with van der Waals surface area (Å²) in [7, 11) is 0. The van der Waals surface area contributed by atoms with Crippen LogP contribution in [0.5, 0.6) is 0 Å². The van der Waals surface area contributed by atoms with Gasteiger partial charge in [0.15, 0.2) is 0 Å². The van der Waals surface area contributed by atoms with Gasteiger partial charge < -0.3 is 19.8 Å². The normalized spacial score (nSPS) is 16.6. The highest BCUT2D eigenvalue weighted by molar-refractivity contribution is 6.31. The maximum absolute atomic E-state index is 13.1. The third-order valence-corrected chi connectivity index (χ3v) is 6.24. The smallest absolute Gasteiger partial charge is 0.227 e. The van der Waals surface area contributed by atoms with Crippen LogP contribution in [0, 0.1) is 12.8 Å². The van der Waals surface area contributed by atoms with Gasteiger partial charge in [0.25, 0.3) is 0 Å². The van der Waals surface area contributed by atoms with Crippen molar-refractivity contribution in [3.8, 4) is 0 Å². The Morgan fingerprint density at radius 2 is 2.23 bits per heavy atom. The Bertz CT molecular complexity index is 1060. The van der Waals surface area contributed by atoms with Gasteiger partial charge in [-0.25, -0.2) is 4.98 Å². The summed E-state index contributed by atoms with van der Waals surface area (Å²) >= 11 is 6.17. The second kappa shape index (κ2) is 9.56. The van der Waals surface area contributed by atoms with Crippen LogP contribution >= 0.6 is 11.6 Å². The van der Waals surface area contributed by atoms with E-state index in [-0.39, 0.29) is 17.7 Å². The standard InChI is InChI=1S/C23H28ClN5O2/c1-16-19(20-12-18(24)4-5-21(20)27-16)13-23(31)29-8-2-3-17(14-29)11-22(30)26-7-10-28-9-6-25-15-28/h4-6,9,12,15,17,27H,2-3,7-8,10-11,13-14H2,1H3,(H,26,30)/t17-/m0/s1. The lowest BCUT2D eigenvalue weighted by atomic mass is 9.94. The van der Waals surface area contributed by atoms with Crippen LogP contribution in [0.2, 0.25) is 5.02 Å². The minimum Gasteiger partial charge on any atom is -0.358 e. The van der Waals surface area contributed by atoms with Gasteiger partial charge in [-0.3, -0.25) is 9.59 Å². The first-order valence-corrected chi connectivity index (χ1v) is 11.1. The van der Waals surface area contributed by atoms with Crippen molar-refractivity contribution in [2.24, 2.45) is 5.92 Å². The number of nitrogens with one attached hydrogen (secondary N) is 2. The summed E-state index contributed by atoms with van der Waals surface area (Å²) in [4.78, 5) is 34.6. The lowest BCUT2D eigenvalue weighted by Crippen LogP contribution is -2.42. The van der Waals surface area contributed by atoms with Crippen molar-refractivity contribution in [1.82, 2.24) is 24.8 Å². The minimum atomic E-state index is 0.0431. The van der Waals surface area contributed by atoms with Crippen molar-refractivity contribution in [3.05, 3.63) is 53.2 Å². The molecule has 1 fully saturated rings. The van der Waals surface area contributed by atoms with Crippen LogP contribution in [-0.4, -0.2) is 50.9 Å². The van der Waals surface area contributed by atoms with Gasteiger partial charge in [0.2, 0.25) is 11.8 Å². The van der Waals surface area contributed by atoms with Gasteiger partial charge in [-0.1, -0.05) is 11.6 Å². The molecule has 0 unspecified atom stereocenters. The van der Waals surface area contributed by atoms with Gasteiger partial charge in [0.05, 0.1) is 12.7 Å². The van der Waals surface area contributed by atoms with E-state index in [1.54, 1.807) is 12.5 Å². The summed E-state index contributed by atoms with van der Waals surface area (Å²) in [6, 6.07) is 5.71. The molecular weight excluding hydrogens is 414 g/mol. The summed E-state index contributed by atoms with van der Waals surface area (Å²) in [5.74, 6) is 0.347. The van der Waals surface area contributed by atoms with E-state index < -0.39 is 0 Å². The third-order valence-electron chi connectivity index (χ3n) is 6.01. The topological polar surface area (TPSA) is 83.0 Å². The molecule has 1 aliphatic heterocycles. The Hall–Kier alpha value is -2.80. The molecule has 3 aromatic rings. The van der Waals surface area contributed by atoms with Crippen LogP contribution in [0.4, 0.5) is 0 Å². The van der Waals surface area contributed by atoms with Gasteiger partial charge in [-0.05, 0) is 49.4 Å². The number of hydrogen-bond donors (Lipinski definition) is 2. The molecule has 8 heteroatoms. The number of rotatable bonds is 7. The van der Waals surface area contributed by atoms with Crippen LogP contribution in [0.25, 0.3) is 10.9 Å². The zero-order valence-corrected chi connectivity index (χ0v) is 18.5. The molecule has 1 saturated heterocycles. The monoisotopic (exact) mass is 441 g/mol. The fourth-order valence-electron chi connectivity index (χ4n) is 4.38. The zero-order chi connectivity index (χ0) is 21.8. The lowest BCUT2D eigenvalue weighted by molar-refractivity contribution is -0.133. The first-order chi connectivity index (χ1) is 15.0. The lowest BCUT2D eigenvalue weighted by Gasteiger charge is -2.32. The fraction of sp³-hybridized carbons (Fsp3) is 0.435. The summed E-state index contributed by atoms with van der Waals surface area (Å²) in [6.07, 6.45) is 8.03. The van der Waals surface area contributed by atoms with Crippen molar-refractivity contribution < 1.29 is 9.59 Å². The highest BCUT2D eigenvalue weighted by Crippen LogP contribution is 2.27. The molecule has 0 aliphatic carbocycles. The van der Waals surface area contributed by atoms with Crippen molar-refractivity contribution in [2.75, 3.05) is 19.6 Å². The summed E-state index contributed by atoms with van der Waals surface area (Å²) < 4.78 is 1.93. The molecule has 31 heavy (non-hydrogen) atoms. The number of aromatic amines is 1. The van der Waals surface area contributed by atoms with E-state index in [0.29, 0.717) is 37.5 Å². The van der Waals surface area contributed by atoms with Gasteiger partial charge in [-0.2, -0.15) is 0 Å². The number of aryl methyl sites for hydroxylation is 1. The van der Waals surface area contributed by atoms with E-state index in [9.17, 15) is 9.59 Å². The van der Waals surface area contributed by atoms with E-state index in [1.165, 1.54) is 0 Å². The third kappa shape index (κ3) is 5.28. The number of halogens is 1. The molecule has 1 aliphatic rings. The van der Waals surface area contributed by atoms with Gasteiger partial charge >= 0.3 is 0 Å². The van der Waals surface area contributed by atoms with Crippen molar-refractivity contribution in [1.29, 1.82) is 0 Å². The predicted molar refractivity (Wildman–Crippen MR) is 121 cm³/mol. The fourth-order valence-corrected chi connectivity index (χ4v) is 4.55. The first kappa shape index (κ1) is 21.4. The van der Waals surface area contributed by atoms with Crippen LogP contribution < -0.4 is 5.32 Å². The molecule has 0 radical (unpaired) electrons. The predicted octanol–water partition coefficient (Wildman–Crippen LogP) is 3.31. The second-order valence-corrected chi connectivity index (χ2v) is 8.73. The molecule has 3 heterocycles. The molecule has 4 rings (SSSR count). The maximum Gasteiger partial charge on any atom is 0.227 e. The number of benzene rings is 1. The highest BCUT2D eigenvalue weighted by Gasteiger charge is 2.26.